The van der Waals surface area contributed by atoms with Gasteiger partial charge in [0, 0.05) is 17.4 Å². The molecular formula is C21H22N4O2S2. The summed E-state index contributed by atoms with van der Waals surface area (Å²) in [5.74, 6) is 1.28. The molecule has 0 radical (unpaired) electrons. The van der Waals surface area contributed by atoms with Crippen molar-refractivity contribution in [2.75, 3.05) is 22.6 Å². The van der Waals surface area contributed by atoms with Gasteiger partial charge >= 0.3 is 0 Å². The van der Waals surface area contributed by atoms with E-state index >= 15 is 0 Å². The highest BCUT2D eigenvalue weighted by atomic mass is 32.2. The van der Waals surface area contributed by atoms with E-state index in [1.807, 2.05) is 54.3 Å². The van der Waals surface area contributed by atoms with Crippen molar-refractivity contribution in [1.29, 1.82) is 0 Å². The number of carbonyl (C=O) groups excluding carboxylic acids is 1. The minimum atomic E-state index is 0.101. The first-order valence-corrected chi connectivity index (χ1v) is 11.3. The maximum Gasteiger partial charge on any atom is 0.237 e. The van der Waals surface area contributed by atoms with Gasteiger partial charge in [-0.15, -0.1) is 10.2 Å². The van der Waals surface area contributed by atoms with Gasteiger partial charge in [0.25, 0.3) is 0 Å². The molecule has 1 N–H and O–H groups in total. The van der Waals surface area contributed by atoms with Gasteiger partial charge in [0.2, 0.25) is 11.0 Å². The van der Waals surface area contributed by atoms with Crippen molar-refractivity contribution in [1.82, 2.24) is 10.2 Å². The fourth-order valence-corrected chi connectivity index (χ4v) is 5.01. The summed E-state index contributed by atoms with van der Waals surface area (Å²) in [5.41, 5.74) is 3.18. The zero-order chi connectivity index (χ0) is 20.2. The number of nitrogens with zero attached hydrogens (tertiary/aromatic N) is 3. The Labute approximate surface area is 178 Å². The van der Waals surface area contributed by atoms with Gasteiger partial charge in [0.15, 0.2) is 4.34 Å². The molecule has 4 rings (SSSR count). The van der Waals surface area contributed by atoms with Crippen LogP contribution in [0.5, 0.6) is 5.75 Å². The number of para-hydroxylation sites is 1. The van der Waals surface area contributed by atoms with E-state index in [1.165, 1.54) is 28.7 Å². The van der Waals surface area contributed by atoms with Crippen molar-refractivity contribution in [2.45, 2.75) is 30.6 Å². The van der Waals surface area contributed by atoms with Crippen LogP contribution in [-0.2, 0) is 11.2 Å². The highest BCUT2D eigenvalue weighted by Gasteiger charge is 2.30. The topological polar surface area (TPSA) is 67.3 Å². The maximum atomic E-state index is 12.8. The largest absolute Gasteiger partial charge is 0.494 e. The summed E-state index contributed by atoms with van der Waals surface area (Å²) >= 11 is 2.87. The first-order valence-electron chi connectivity index (χ1n) is 9.50. The van der Waals surface area contributed by atoms with Crippen LogP contribution in [0.15, 0.2) is 52.9 Å². The van der Waals surface area contributed by atoms with Crippen molar-refractivity contribution < 1.29 is 9.53 Å². The van der Waals surface area contributed by atoms with Gasteiger partial charge in [-0.3, -0.25) is 4.79 Å². The average Bonchev–Trinajstić information content (AvgIpc) is 3.31. The van der Waals surface area contributed by atoms with Crippen molar-refractivity contribution in [3.05, 3.63) is 54.1 Å². The van der Waals surface area contributed by atoms with Crippen LogP contribution in [0.4, 0.5) is 16.5 Å². The molecule has 1 aliphatic rings. The van der Waals surface area contributed by atoms with Crippen molar-refractivity contribution in [3.63, 3.8) is 0 Å². The molecule has 6 nitrogen and oxygen atoms in total. The number of thioether (sulfide) groups is 1. The van der Waals surface area contributed by atoms with E-state index in [2.05, 4.69) is 28.5 Å². The molecule has 2 heterocycles. The van der Waals surface area contributed by atoms with E-state index in [0.717, 1.165) is 27.9 Å². The maximum absolute atomic E-state index is 12.8. The average molecular weight is 427 g/mol. The second-order valence-electron chi connectivity index (χ2n) is 6.69. The van der Waals surface area contributed by atoms with E-state index in [-0.39, 0.29) is 11.9 Å². The Morgan fingerprint density at radius 1 is 1.24 bits per heavy atom. The Kier molecular flexibility index (Phi) is 6.01. The molecule has 29 heavy (non-hydrogen) atoms. The number of nitrogens with one attached hydrogen (secondary N) is 1. The van der Waals surface area contributed by atoms with Crippen LogP contribution in [0.2, 0.25) is 0 Å². The third kappa shape index (κ3) is 4.54. The van der Waals surface area contributed by atoms with Gasteiger partial charge in [0.1, 0.15) is 5.75 Å². The summed E-state index contributed by atoms with van der Waals surface area (Å²) in [5, 5.41) is 12.3. The molecule has 0 saturated carbocycles. The molecule has 0 unspecified atom stereocenters. The SMILES string of the molecule is CCOc1ccc(Nc2nnc(SCC(=O)N3c4ccccc4C[C@@H]3C)s2)cc1. The standard InChI is InChI=1S/C21H22N4O2S2/c1-3-27-17-10-8-16(9-11-17)22-20-23-24-21(29-20)28-13-19(26)25-14(2)12-15-6-4-5-7-18(15)25/h4-11,14H,3,12-13H2,1-2H3,(H,22,23)/t14-/m0/s1. The normalized spacial score (nSPS) is 15.2. The number of ether oxygens (including phenoxy) is 1. The molecule has 1 aliphatic heterocycles. The summed E-state index contributed by atoms with van der Waals surface area (Å²) < 4.78 is 6.22. The molecule has 1 atom stereocenters. The van der Waals surface area contributed by atoms with E-state index in [1.54, 1.807) is 0 Å². The Balaban J connectivity index is 1.34. The molecule has 0 spiro atoms. The van der Waals surface area contributed by atoms with Crippen LogP contribution in [0.1, 0.15) is 19.4 Å². The van der Waals surface area contributed by atoms with Gasteiger partial charge in [-0.2, -0.15) is 0 Å². The Morgan fingerprint density at radius 3 is 2.83 bits per heavy atom. The van der Waals surface area contributed by atoms with Crippen molar-refractivity contribution >= 4 is 45.5 Å². The number of hydrogen-bond acceptors (Lipinski definition) is 7. The van der Waals surface area contributed by atoms with Crippen LogP contribution in [0.25, 0.3) is 0 Å². The van der Waals surface area contributed by atoms with Crippen LogP contribution < -0.4 is 15.0 Å². The minimum absolute atomic E-state index is 0.101. The van der Waals surface area contributed by atoms with Crippen LogP contribution >= 0.6 is 23.1 Å². The lowest BCUT2D eigenvalue weighted by Crippen LogP contribution is -2.36. The number of hydrogen-bond donors (Lipinski definition) is 1. The lowest BCUT2D eigenvalue weighted by Gasteiger charge is -2.22. The number of carbonyl (C=O) groups is 1. The number of aromatic nitrogens is 2. The third-order valence-electron chi connectivity index (χ3n) is 4.62. The van der Waals surface area contributed by atoms with E-state index in [9.17, 15) is 4.79 Å². The van der Waals surface area contributed by atoms with E-state index in [4.69, 9.17) is 4.74 Å². The van der Waals surface area contributed by atoms with E-state index in [0.29, 0.717) is 17.5 Å². The zero-order valence-corrected chi connectivity index (χ0v) is 17.9. The summed E-state index contributed by atoms with van der Waals surface area (Å²) in [6, 6.07) is 16.0. The van der Waals surface area contributed by atoms with E-state index < -0.39 is 0 Å². The molecule has 1 amide bonds. The first-order chi connectivity index (χ1) is 14.1. The predicted molar refractivity (Wildman–Crippen MR) is 119 cm³/mol. The van der Waals surface area contributed by atoms with Crippen molar-refractivity contribution in [2.24, 2.45) is 0 Å². The second kappa shape index (κ2) is 8.84. The Bertz CT molecular complexity index is 990. The highest BCUT2D eigenvalue weighted by molar-refractivity contribution is 8.01. The number of amides is 1. The number of anilines is 3. The van der Waals surface area contributed by atoms with Gasteiger partial charge in [-0.25, -0.2) is 0 Å². The zero-order valence-electron chi connectivity index (χ0n) is 16.3. The molecule has 0 bridgehead atoms. The van der Waals surface area contributed by atoms with Crippen molar-refractivity contribution in [3.8, 4) is 5.75 Å². The molecule has 0 fully saturated rings. The Hall–Kier alpha value is -2.58. The number of rotatable bonds is 7. The molecule has 0 aliphatic carbocycles. The summed E-state index contributed by atoms with van der Waals surface area (Å²) in [6.45, 7) is 4.69. The second-order valence-corrected chi connectivity index (χ2v) is 8.89. The molecular weight excluding hydrogens is 404 g/mol. The summed E-state index contributed by atoms with van der Waals surface area (Å²) in [4.78, 5) is 14.7. The Morgan fingerprint density at radius 2 is 2.03 bits per heavy atom. The molecule has 0 saturated heterocycles. The van der Waals surface area contributed by atoms with Gasteiger partial charge < -0.3 is 15.0 Å². The molecule has 3 aromatic rings. The number of fused-ring (bicyclic) bond motifs is 1. The van der Waals surface area contributed by atoms with Crippen LogP contribution in [0.3, 0.4) is 0 Å². The van der Waals surface area contributed by atoms with Gasteiger partial charge in [0.05, 0.1) is 12.4 Å². The summed E-state index contributed by atoms with van der Waals surface area (Å²) in [6.07, 6.45) is 0.904. The molecule has 8 heteroatoms. The fourth-order valence-electron chi connectivity index (χ4n) is 3.38. The van der Waals surface area contributed by atoms with Crippen LogP contribution in [0, 0.1) is 0 Å². The lowest BCUT2D eigenvalue weighted by atomic mass is 10.1. The van der Waals surface area contributed by atoms with Crippen LogP contribution in [-0.4, -0.2) is 34.5 Å². The molecule has 1 aromatic heterocycles. The first kappa shape index (κ1) is 19.7. The lowest BCUT2D eigenvalue weighted by molar-refractivity contribution is -0.116. The quantitative estimate of drug-likeness (QED) is 0.550. The van der Waals surface area contributed by atoms with Gasteiger partial charge in [-0.1, -0.05) is 41.3 Å². The monoisotopic (exact) mass is 426 g/mol. The molecule has 150 valence electrons. The smallest absolute Gasteiger partial charge is 0.237 e. The number of benzene rings is 2. The third-order valence-corrected chi connectivity index (χ3v) is 6.57. The highest BCUT2D eigenvalue weighted by Crippen LogP contribution is 2.34. The summed E-state index contributed by atoms with van der Waals surface area (Å²) in [7, 11) is 0. The predicted octanol–water partition coefficient (Wildman–Crippen LogP) is 4.75. The van der Waals surface area contributed by atoms with Gasteiger partial charge in [-0.05, 0) is 56.2 Å². The fraction of sp³-hybridized carbons (Fsp3) is 0.286. The minimum Gasteiger partial charge on any atom is -0.494 e. The molecule has 2 aromatic carbocycles.